The zero-order valence-electron chi connectivity index (χ0n) is 11.3. The highest BCUT2D eigenvalue weighted by atomic mass is 79.9. The van der Waals surface area contributed by atoms with Crippen LogP contribution in [0.25, 0.3) is 0 Å². The van der Waals surface area contributed by atoms with E-state index in [2.05, 4.69) is 15.9 Å². The van der Waals surface area contributed by atoms with Crippen molar-refractivity contribution in [1.29, 1.82) is 0 Å². The maximum Gasteiger partial charge on any atom is 0.416 e. The van der Waals surface area contributed by atoms with Crippen molar-refractivity contribution in [3.63, 3.8) is 0 Å². The van der Waals surface area contributed by atoms with E-state index in [1.165, 1.54) is 6.07 Å². The number of hydrogen-bond acceptors (Lipinski definition) is 1. The van der Waals surface area contributed by atoms with Gasteiger partial charge in [0.15, 0.2) is 0 Å². The van der Waals surface area contributed by atoms with Crippen molar-refractivity contribution in [1.82, 2.24) is 0 Å². The maximum atomic E-state index is 12.7. The summed E-state index contributed by atoms with van der Waals surface area (Å²) in [5.74, 6) is 0. The van der Waals surface area contributed by atoms with Gasteiger partial charge in [0.1, 0.15) is 0 Å². The van der Waals surface area contributed by atoms with Gasteiger partial charge in [0.25, 0.3) is 0 Å². The highest BCUT2D eigenvalue weighted by Gasteiger charge is 2.30. The zero-order chi connectivity index (χ0) is 15.6. The van der Waals surface area contributed by atoms with Gasteiger partial charge in [0, 0.05) is 10.9 Å². The van der Waals surface area contributed by atoms with Crippen LogP contribution in [-0.2, 0) is 12.6 Å². The molecular weight excluding hydrogens is 345 g/mol. The first kappa shape index (κ1) is 16.0. The lowest BCUT2D eigenvalue weighted by atomic mass is 9.99. The van der Waals surface area contributed by atoms with E-state index < -0.39 is 17.8 Å². The van der Waals surface area contributed by atoms with Crippen LogP contribution in [0.15, 0.2) is 46.9 Å². The second-order valence-electron chi connectivity index (χ2n) is 4.93. The summed E-state index contributed by atoms with van der Waals surface area (Å²) < 4.78 is 38.9. The molecule has 0 radical (unpaired) electrons. The van der Waals surface area contributed by atoms with Crippen LogP contribution >= 0.6 is 15.9 Å². The third-order valence-electron chi connectivity index (χ3n) is 3.25. The van der Waals surface area contributed by atoms with Crippen molar-refractivity contribution in [3.8, 4) is 0 Å². The Morgan fingerprint density at radius 1 is 1.14 bits per heavy atom. The van der Waals surface area contributed by atoms with Gasteiger partial charge < -0.3 is 5.11 Å². The number of benzene rings is 2. The summed E-state index contributed by atoms with van der Waals surface area (Å²) in [4.78, 5) is 0. The minimum atomic E-state index is -4.37. The predicted octanol–water partition coefficient (Wildman–Crippen LogP) is 5.05. The van der Waals surface area contributed by atoms with Gasteiger partial charge in [-0.15, -0.1) is 0 Å². The van der Waals surface area contributed by atoms with Gasteiger partial charge in [-0.1, -0.05) is 46.3 Å². The Morgan fingerprint density at radius 3 is 2.48 bits per heavy atom. The quantitative estimate of drug-likeness (QED) is 0.813. The molecule has 112 valence electrons. The van der Waals surface area contributed by atoms with Gasteiger partial charge in [-0.05, 0) is 35.7 Å². The van der Waals surface area contributed by atoms with Crippen LogP contribution < -0.4 is 0 Å². The van der Waals surface area contributed by atoms with Gasteiger partial charge >= 0.3 is 6.18 Å². The van der Waals surface area contributed by atoms with Crippen LogP contribution in [0, 0.1) is 6.92 Å². The number of alkyl halides is 3. The van der Waals surface area contributed by atoms with Crippen molar-refractivity contribution in [2.75, 3.05) is 0 Å². The summed E-state index contributed by atoms with van der Waals surface area (Å²) in [6, 6.07) is 10.5. The van der Waals surface area contributed by atoms with E-state index in [1.54, 1.807) is 12.1 Å². The van der Waals surface area contributed by atoms with E-state index in [1.807, 2.05) is 19.1 Å². The summed E-state index contributed by atoms with van der Waals surface area (Å²) >= 11 is 3.37. The monoisotopic (exact) mass is 358 g/mol. The van der Waals surface area contributed by atoms with Crippen LogP contribution in [0.5, 0.6) is 0 Å². The third-order valence-corrected chi connectivity index (χ3v) is 4.14. The molecule has 2 aromatic rings. The lowest BCUT2D eigenvalue weighted by molar-refractivity contribution is -0.137. The van der Waals surface area contributed by atoms with E-state index in [4.69, 9.17) is 0 Å². The van der Waals surface area contributed by atoms with Crippen molar-refractivity contribution in [2.45, 2.75) is 25.6 Å². The molecule has 1 atom stereocenters. The van der Waals surface area contributed by atoms with E-state index in [-0.39, 0.29) is 6.42 Å². The molecule has 0 aliphatic heterocycles. The van der Waals surface area contributed by atoms with Crippen molar-refractivity contribution in [3.05, 3.63) is 69.2 Å². The van der Waals surface area contributed by atoms with Crippen LogP contribution in [0.1, 0.15) is 28.4 Å². The summed E-state index contributed by atoms with van der Waals surface area (Å²) in [6.07, 6.45) is -5.06. The molecule has 0 fully saturated rings. The van der Waals surface area contributed by atoms with E-state index >= 15 is 0 Å². The van der Waals surface area contributed by atoms with Crippen LogP contribution in [0.2, 0.25) is 0 Å². The number of halogens is 4. The molecule has 0 aromatic heterocycles. The molecule has 0 saturated heterocycles. The fourth-order valence-corrected chi connectivity index (χ4v) is 2.34. The SMILES string of the molecule is Cc1cc(C(O)Cc2cccc(C(F)(F)F)c2)ccc1Br. The number of aliphatic hydroxyl groups is 1. The molecule has 0 spiro atoms. The number of hydrogen-bond donors (Lipinski definition) is 1. The zero-order valence-corrected chi connectivity index (χ0v) is 12.9. The Bertz CT molecular complexity index is 638. The number of rotatable bonds is 3. The Hall–Kier alpha value is -1.33. The second kappa shape index (κ2) is 6.20. The Balaban J connectivity index is 2.19. The summed E-state index contributed by atoms with van der Waals surface area (Å²) in [7, 11) is 0. The molecule has 0 heterocycles. The first-order valence-corrected chi connectivity index (χ1v) is 7.17. The fraction of sp³-hybridized carbons (Fsp3) is 0.250. The van der Waals surface area contributed by atoms with Gasteiger partial charge in [0.2, 0.25) is 0 Å². The van der Waals surface area contributed by atoms with Gasteiger partial charge in [-0.2, -0.15) is 13.2 Å². The van der Waals surface area contributed by atoms with Crippen molar-refractivity contribution < 1.29 is 18.3 Å². The molecule has 0 saturated carbocycles. The molecule has 1 nitrogen and oxygen atoms in total. The highest BCUT2D eigenvalue weighted by molar-refractivity contribution is 9.10. The number of aryl methyl sites for hydroxylation is 1. The molecule has 0 aliphatic carbocycles. The summed E-state index contributed by atoms with van der Waals surface area (Å²) in [6.45, 7) is 1.89. The minimum Gasteiger partial charge on any atom is -0.388 e. The molecule has 21 heavy (non-hydrogen) atoms. The topological polar surface area (TPSA) is 20.2 Å². The molecule has 1 N–H and O–H groups in total. The minimum absolute atomic E-state index is 0.144. The average molecular weight is 359 g/mol. The van der Waals surface area contributed by atoms with Crippen molar-refractivity contribution in [2.24, 2.45) is 0 Å². The average Bonchev–Trinajstić information content (AvgIpc) is 2.41. The van der Waals surface area contributed by atoms with Gasteiger partial charge in [0.05, 0.1) is 11.7 Å². The lowest BCUT2D eigenvalue weighted by Crippen LogP contribution is -2.07. The Morgan fingerprint density at radius 2 is 1.86 bits per heavy atom. The summed E-state index contributed by atoms with van der Waals surface area (Å²) in [5, 5.41) is 10.2. The van der Waals surface area contributed by atoms with E-state index in [9.17, 15) is 18.3 Å². The number of aliphatic hydroxyl groups excluding tert-OH is 1. The van der Waals surface area contributed by atoms with Crippen LogP contribution in [-0.4, -0.2) is 5.11 Å². The maximum absolute atomic E-state index is 12.7. The normalized spacial score (nSPS) is 13.2. The predicted molar refractivity (Wildman–Crippen MR) is 79.0 cm³/mol. The first-order chi connectivity index (χ1) is 9.77. The van der Waals surface area contributed by atoms with Crippen molar-refractivity contribution >= 4 is 15.9 Å². The standard InChI is InChI=1S/C16H14BrF3O/c1-10-7-12(5-6-14(10)17)15(21)9-11-3-2-4-13(8-11)16(18,19)20/h2-8,15,21H,9H2,1H3. The molecule has 0 bridgehead atoms. The van der Waals surface area contributed by atoms with Crippen LogP contribution in [0.3, 0.4) is 0 Å². The Kier molecular flexibility index (Phi) is 4.74. The molecule has 2 rings (SSSR count). The third kappa shape index (κ3) is 4.08. The van der Waals surface area contributed by atoms with E-state index in [0.29, 0.717) is 11.1 Å². The molecule has 1 unspecified atom stereocenters. The molecule has 0 aliphatic rings. The highest BCUT2D eigenvalue weighted by Crippen LogP contribution is 2.31. The smallest absolute Gasteiger partial charge is 0.388 e. The first-order valence-electron chi connectivity index (χ1n) is 6.37. The molecule has 2 aromatic carbocycles. The lowest BCUT2D eigenvalue weighted by Gasteiger charge is -2.14. The van der Waals surface area contributed by atoms with E-state index in [0.717, 1.165) is 22.2 Å². The van der Waals surface area contributed by atoms with Crippen LogP contribution in [0.4, 0.5) is 13.2 Å². The molecule has 5 heteroatoms. The Labute approximate surface area is 129 Å². The summed E-state index contributed by atoms with van der Waals surface area (Å²) in [5.41, 5.74) is 1.42. The molecular formula is C16H14BrF3O. The van der Waals surface area contributed by atoms with Gasteiger partial charge in [-0.25, -0.2) is 0 Å². The largest absolute Gasteiger partial charge is 0.416 e. The van der Waals surface area contributed by atoms with Gasteiger partial charge in [-0.3, -0.25) is 0 Å². The second-order valence-corrected chi connectivity index (χ2v) is 5.78. The molecule has 0 amide bonds. The fourth-order valence-electron chi connectivity index (χ4n) is 2.09.